The largest absolute Gasteiger partial charge is 0.356 e. The van der Waals surface area contributed by atoms with Crippen LogP contribution < -0.4 is 4.90 Å². The Morgan fingerprint density at radius 3 is 2.11 bits per heavy atom. The summed E-state index contributed by atoms with van der Waals surface area (Å²) in [6.07, 6.45) is 3.66. The first-order valence-corrected chi connectivity index (χ1v) is 14.6. The summed E-state index contributed by atoms with van der Waals surface area (Å²) >= 11 is 0. The maximum atomic E-state index is 13.3. The van der Waals surface area contributed by atoms with Gasteiger partial charge in [0, 0.05) is 44.7 Å². The van der Waals surface area contributed by atoms with Gasteiger partial charge in [-0.05, 0) is 61.9 Å². The molecule has 5 rings (SSSR count). The lowest BCUT2D eigenvalue weighted by atomic mass is 10.0. The number of para-hydroxylation sites is 1. The van der Waals surface area contributed by atoms with Crippen molar-refractivity contribution in [3.8, 4) is 0 Å². The zero-order valence-corrected chi connectivity index (χ0v) is 22.4. The van der Waals surface area contributed by atoms with Gasteiger partial charge in [-0.3, -0.25) is 4.90 Å². The average molecular weight is 508 g/mol. The third kappa shape index (κ3) is 4.99. The quantitative estimate of drug-likeness (QED) is 0.477. The van der Waals surface area contributed by atoms with Crippen LogP contribution in [0.5, 0.6) is 0 Å². The first kappa shape index (κ1) is 25.1. The van der Waals surface area contributed by atoms with E-state index in [0.29, 0.717) is 37.0 Å². The first-order valence-electron chi connectivity index (χ1n) is 13.2. The molecule has 0 N–H and O–H groups in total. The normalized spacial score (nSPS) is 19.2. The van der Waals surface area contributed by atoms with Crippen LogP contribution in [0, 0.1) is 0 Å². The number of sulfonamides is 1. The number of piperazine rings is 1. The summed E-state index contributed by atoms with van der Waals surface area (Å²) in [6.45, 7) is 10.7. The molecule has 1 unspecified atom stereocenters. The Bertz CT molecular complexity index is 1300. The molecule has 3 aromatic rings. The Morgan fingerprint density at radius 1 is 0.778 bits per heavy atom. The molecule has 2 aliphatic heterocycles. The van der Waals surface area contributed by atoms with E-state index in [1.54, 1.807) is 16.4 Å². The molecule has 2 aromatic carbocycles. The van der Waals surface area contributed by atoms with Gasteiger partial charge in [0.2, 0.25) is 10.0 Å². The summed E-state index contributed by atoms with van der Waals surface area (Å²) in [7, 11) is -3.50. The summed E-state index contributed by atoms with van der Waals surface area (Å²) in [5, 5.41) is 1.11. The summed E-state index contributed by atoms with van der Waals surface area (Å²) in [5.74, 6) is 2.22. The molecule has 2 saturated heterocycles. The SMILES string of the molecule is CC(C)c1ccc(S(=O)(=O)N2CCN(C(C)c3nc(N4CCCCC4)c4ccccc4n3)CC2)cc1. The number of hydrogen-bond acceptors (Lipinski definition) is 6. The van der Waals surface area contributed by atoms with E-state index < -0.39 is 10.0 Å². The van der Waals surface area contributed by atoms with Crippen LogP contribution in [-0.2, 0) is 10.0 Å². The molecule has 0 amide bonds. The predicted octanol–water partition coefficient (Wildman–Crippen LogP) is 4.81. The summed E-state index contributed by atoms with van der Waals surface area (Å²) < 4.78 is 28.1. The van der Waals surface area contributed by atoms with Gasteiger partial charge < -0.3 is 4.90 Å². The topological polar surface area (TPSA) is 69.6 Å². The lowest BCUT2D eigenvalue weighted by Crippen LogP contribution is -2.49. The van der Waals surface area contributed by atoms with Crippen LogP contribution in [0.25, 0.3) is 10.9 Å². The molecule has 0 radical (unpaired) electrons. The molecule has 0 bridgehead atoms. The van der Waals surface area contributed by atoms with Gasteiger partial charge >= 0.3 is 0 Å². The molecular formula is C28H37N5O2S. The van der Waals surface area contributed by atoms with E-state index in [4.69, 9.17) is 9.97 Å². The first-order chi connectivity index (χ1) is 17.3. The van der Waals surface area contributed by atoms with Crippen molar-refractivity contribution < 1.29 is 8.42 Å². The number of anilines is 1. The van der Waals surface area contributed by atoms with E-state index in [9.17, 15) is 8.42 Å². The molecule has 0 aliphatic carbocycles. The standard InChI is InChI=1S/C28H37N5O2S/c1-21(2)23-11-13-24(14-12-23)36(34,35)33-19-17-31(18-20-33)22(3)27-29-26-10-6-5-9-25(26)28(30-27)32-15-7-4-8-16-32/h5-6,9-14,21-22H,4,7-8,15-20H2,1-3H3. The molecule has 0 saturated carbocycles. The Hall–Kier alpha value is -2.55. The third-order valence-corrected chi connectivity index (χ3v) is 9.55. The predicted molar refractivity (Wildman–Crippen MR) is 145 cm³/mol. The van der Waals surface area contributed by atoms with Gasteiger partial charge in [-0.1, -0.05) is 38.1 Å². The second kappa shape index (κ2) is 10.4. The molecule has 36 heavy (non-hydrogen) atoms. The van der Waals surface area contributed by atoms with Crippen molar-refractivity contribution in [2.45, 2.75) is 56.9 Å². The summed E-state index contributed by atoms with van der Waals surface area (Å²) in [4.78, 5) is 15.1. The van der Waals surface area contributed by atoms with Gasteiger partial charge in [-0.2, -0.15) is 4.31 Å². The Morgan fingerprint density at radius 2 is 1.44 bits per heavy atom. The molecule has 2 aliphatic rings. The average Bonchev–Trinajstić information content (AvgIpc) is 2.92. The maximum absolute atomic E-state index is 13.3. The lowest BCUT2D eigenvalue weighted by Gasteiger charge is -2.37. The second-order valence-electron chi connectivity index (χ2n) is 10.3. The fourth-order valence-corrected chi connectivity index (χ4v) is 6.70. The second-order valence-corrected chi connectivity index (χ2v) is 12.2. The number of aromatic nitrogens is 2. The zero-order chi connectivity index (χ0) is 25.3. The smallest absolute Gasteiger partial charge is 0.243 e. The van der Waals surface area contributed by atoms with Crippen LogP contribution in [0.15, 0.2) is 53.4 Å². The summed E-state index contributed by atoms with van der Waals surface area (Å²) in [5.41, 5.74) is 2.12. The van der Waals surface area contributed by atoms with Gasteiger partial charge in [0.05, 0.1) is 16.5 Å². The van der Waals surface area contributed by atoms with E-state index >= 15 is 0 Å². The highest BCUT2D eigenvalue weighted by Crippen LogP contribution is 2.30. The number of benzene rings is 2. The number of rotatable bonds is 6. The summed E-state index contributed by atoms with van der Waals surface area (Å²) in [6, 6.07) is 15.6. The minimum Gasteiger partial charge on any atom is -0.356 e. The van der Waals surface area contributed by atoms with Crippen LogP contribution in [0.4, 0.5) is 5.82 Å². The third-order valence-electron chi connectivity index (χ3n) is 7.64. The Balaban J connectivity index is 1.32. The molecule has 1 atom stereocenters. The van der Waals surface area contributed by atoms with Crippen molar-refractivity contribution in [1.82, 2.24) is 19.2 Å². The van der Waals surface area contributed by atoms with Crippen molar-refractivity contribution in [2.75, 3.05) is 44.2 Å². The van der Waals surface area contributed by atoms with Crippen molar-refractivity contribution in [3.63, 3.8) is 0 Å². The molecule has 0 spiro atoms. The number of nitrogens with zero attached hydrogens (tertiary/aromatic N) is 5. The van der Waals surface area contributed by atoms with E-state index in [2.05, 4.69) is 48.8 Å². The maximum Gasteiger partial charge on any atom is 0.243 e. The van der Waals surface area contributed by atoms with Crippen molar-refractivity contribution in [1.29, 1.82) is 0 Å². The van der Waals surface area contributed by atoms with Gasteiger partial charge in [0.25, 0.3) is 0 Å². The fourth-order valence-electron chi connectivity index (χ4n) is 5.28. The molecule has 1 aromatic heterocycles. The van der Waals surface area contributed by atoms with Crippen LogP contribution in [0.1, 0.15) is 63.4 Å². The van der Waals surface area contributed by atoms with E-state index in [1.165, 1.54) is 19.3 Å². The van der Waals surface area contributed by atoms with Crippen LogP contribution >= 0.6 is 0 Å². The Kier molecular flexibility index (Phi) is 7.28. The number of hydrogen-bond donors (Lipinski definition) is 0. The number of fused-ring (bicyclic) bond motifs is 1. The minimum atomic E-state index is -3.50. The van der Waals surface area contributed by atoms with Gasteiger partial charge in [-0.15, -0.1) is 0 Å². The molecule has 192 valence electrons. The number of piperidine rings is 1. The van der Waals surface area contributed by atoms with Crippen LogP contribution in [-0.4, -0.2) is 66.9 Å². The minimum absolute atomic E-state index is 0.00771. The molecule has 8 heteroatoms. The van der Waals surface area contributed by atoms with Gasteiger partial charge in [0.15, 0.2) is 0 Å². The monoisotopic (exact) mass is 507 g/mol. The van der Waals surface area contributed by atoms with Gasteiger partial charge in [-0.25, -0.2) is 18.4 Å². The zero-order valence-electron chi connectivity index (χ0n) is 21.6. The molecular weight excluding hydrogens is 470 g/mol. The lowest BCUT2D eigenvalue weighted by molar-refractivity contribution is 0.141. The fraction of sp³-hybridized carbons (Fsp3) is 0.500. The molecule has 7 nitrogen and oxygen atoms in total. The highest BCUT2D eigenvalue weighted by atomic mass is 32.2. The van der Waals surface area contributed by atoms with E-state index in [-0.39, 0.29) is 6.04 Å². The van der Waals surface area contributed by atoms with Gasteiger partial charge in [0.1, 0.15) is 11.6 Å². The van der Waals surface area contributed by atoms with Crippen LogP contribution in [0.2, 0.25) is 0 Å². The van der Waals surface area contributed by atoms with Crippen molar-refractivity contribution in [2.24, 2.45) is 0 Å². The van der Waals surface area contributed by atoms with E-state index in [0.717, 1.165) is 41.2 Å². The highest BCUT2D eigenvalue weighted by molar-refractivity contribution is 7.89. The Labute approximate surface area is 215 Å². The van der Waals surface area contributed by atoms with E-state index in [1.807, 2.05) is 18.2 Å². The van der Waals surface area contributed by atoms with Crippen molar-refractivity contribution >= 4 is 26.7 Å². The highest BCUT2D eigenvalue weighted by Gasteiger charge is 2.31. The van der Waals surface area contributed by atoms with Crippen LogP contribution in [0.3, 0.4) is 0 Å². The molecule has 3 heterocycles. The molecule has 2 fully saturated rings. The van der Waals surface area contributed by atoms with Crippen molar-refractivity contribution in [3.05, 3.63) is 59.9 Å².